The van der Waals surface area contributed by atoms with Crippen molar-refractivity contribution in [2.45, 2.75) is 44.3 Å². The van der Waals surface area contributed by atoms with Gasteiger partial charge in [0.05, 0.1) is 6.20 Å². The predicted molar refractivity (Wildman–Crippen MR) is 121 cm³/mol. The quantitative estimate of drug-likeness (QED) is 0.590. The fraction of sp³-hybridized carbons (Fsp3) is 0.348. The van der Waals surface area contributed by atoms with Crippen LogP contribution in [-0.4, -0.2) is 32.9 Å². The summed E-state index contributed by atoms with van der Waals surface area (Å²) < 4.78 is 1.56. The van der Waals surface area contributed by atoms with Crippen molar-refractivity contribution in [2.24, 2.45) is 12.8 Å². The number of nitrogens with zero attached hydrogens (tertiary/aromatic N) is 3. The highest BCUT2D eigenvalue weighted by molar-refractivity contribution is 5.93. The number of hydrogen-bond acceptors (Lipinski definition) is 4. The molecule has 0 spiro atoms. The van der Waals surface area contributed by atoms with Crippen LogP contribution in [-0.2, 0) is 13.6 Å². The molecule has 1 aliphatic rings. The molecule has 0 atom stereocenters. The number of anilines is 1. The molecule has 0 radical (unpaired) electrons. The van der Waals surface area contributed by atoms with Crippen molar-refractivity contribution in [1.82, 2.24) is 20.1 Å². The van der Waals surface area contributed by atoms with E-state index in [-0.39, 0.29) is 23.7 Å². The lowest BCUT2D eigenvalue weighted by molar-refractivity contribution is 0.240. The highest BCUT2D eigenvalue weighted by Crippen LogP contribution is 2.29. The van der Waals surface area contributed by atoms with E-state index in [4.69, 9.17) is 5.73 Å². The number of pyridine rings is 1. The van der Waals surface area contributed by atoms with Crippen LogP contribution in [0.5, 0.6) is 0 Å². The zero-order valence-electron chi connectivity index (χ0n) is 17.6. The molecular formula is C23H28N6O2. The minimum absolute atomic E-state index is 0.0451. The number of rotatable bonds is 5. The molecule has 8 nitrogen and oxygen atoms in total. The number of carbonyl (C=O) groups excluding carboxylic acids is 1. The Bertz CT molecular complexity index is 1070. The average molecular weight is 421 g/mol. The van der Waals surface area contributed by atoms with Crippen LogP contribution in [0.4, 0.5) is 10.5 Å². The Labute approximate surface area is 181 Å². The highest BCUT2D eigenvalue weighted by atomic mass is 16.2. The molecule has 3 aromatic rings. The van der Waals surface area contributed by atoms with Crippen LogP contribution in [0.3, 0.4) is 0 Å². The van der Waals surface area contributed by atoms with Crippen molar-refractivity contribution in [2.75, 3.05) is 4.90 Å². The minimum atomic E-state index is -0.128. The van der Waals surface area contributed by atoms with Gasteiger partial charge < -0.3 is 15.6 Å². The Morgan fingerprint density at radius 3 is 2.52 bits per heavy atom. The molecule has 0 unspecified atom stereocenters. The summed E-state index contributed by atoms with van der Waals surface area (Å²) in [6.07, 6.45) is 8.86. The second kappa shape index (κ2) is 9.18. The average Bonchev–Trinajstić information content (AvgIpc) is 3.30. The Hall–Kier alpha value is -3.39. The van der Waals surface area contributed by atoms with E-state index in [1.807, 2.05) is 41.4 Å². The molecule has 1 fully saturated rings. The van der Waals surface area contributed by atoms with Crippen molar-refractivity contribution >= 4 is 11.7 Å². The zero-order chi connectivity index (χ0) is 21.8. The predicted octanol–water partition coefficient (Wildman–Crippen LogP) is 2.76. The molecule has 2 heterocycles. The van der Waals surface area contributed by atoms with Crippen molar-refractivity contribution < 1.29 is 4.79 Å². The lowest BCUT2D eigenvalue weighted by atomic mass is 9.90. The van der Waals surface area contributed by atoms with Crippen LogP contribution in [0, 0.1) is 0 Å². The summed E-state index contributed by atoms with van der Waals surface area (Å²) in [6.45, 7) is 0.411. The number of hydrogen-bond donors (Lipinski definition) is 3. The van der Waals surface area contributed by atoms with Crippen molar-refractivity contribution in [1.29, 1.82) is 0 Å². The highest BCUT2D eigenvalue weighted by Gasteiger charge is 2.29. The monoisotopic (exact) mass is 420 g/mol. The molecule has 8 heteroatoms. The number of aryl methyl sites for hydroxylation is 1. The number of nitrogens with two attached hydrogens (primary N) is 1. The number of aromatic nitrogens is 3. The van der Waals surface area contributed by atoms with Gasteiger partial charge >= 0.3 is 6.03 Å². The molecule has 4 rings (SSSR count). The SMILES string of the molecule is Cn1cc(-c2ccc(N(C(=O)NCc3cn[nH]c3)[C@H]3CC[C@H](N)CC3)cc2)ccc1=O. The van der Waals surface area contributed by atoms with Crippen LogP contribution in [0.15, 0.2) is 59.8 Å². The maximum absolute atomic E-state index is 13.2. The molecule has 4 N–H and O–H groups in total. The summed E-state index contributed by atoms with van der Waals surface area (Å²) in [7, 11) is 1.74. The van der Waals surface area contributed by atoms with Crippen LogP contribution in [0.2, 0.25) is 0 Å². The molecule has 2 aromatic heterocycles. The van der Waals surface area contributed by atoms with Crippen molar-refractivity contribution in [3.05, 3.63) is 70.9 Å². The van der Waals surface area contributed by atoms with Gasteiger partial charge in [-0.3, -0.25) is 14.8 Å². The normalized spacial score (nSPS) is 18.5. The van der Waals surface area contributed by atoms with Gasteiger partial charge in [0.15, 0.2) is 0 Å². The van der Waals surface area contributed by atoms with E-state index in [9.17, 15) is 9.59 Å². The van der Waals surface area contributed by atoms with Crippen LogP contribution in [0.25, 0.3) is 11.1 Å². The Morgan fingerprint density at radius 2 is 1.87 bits per heavy atom. The summed E-state index contributed by atoms with van der Waals surface area (Å²) in [6, 6.07) is 11.5. The van der Waals surface area contributed by atoms with E-state index in [1.165, 1.54) is 0 Å². The fourth-order valence-corrected chi connectivity index (χ4v) is 4.07. The lowest BCUT2D eigenvalue weighted by Gasteiger charge is -2.36. The summed E-state index contributed by atoms with van der Waals surface area (Å²) in [5.41, 5.74) is 9.75. The van der Waals surface area contributed by atoms with E-state index in [0.29, 0.717) is 6.54 Å². The van der Waals surface area contributed by atoms with Crippen molar-refractivity contribution in [3.63, 3.8) is 0 Å². The van der Waals surface area contributed by atoms with E-state index < -0.39 is 0 Å². The van der Waals surface area contributed by atoms with Gasteiger partial charge in [0.1, 0.15) is 0 Å². The first-order chi connectivity index (χ1) is 15.0. The topological polar surface area (TPSA) is 109 Å². The number of nitrogens with one attached hydrogen (secondary N) is 2. The third-order valence-corrected chi connectivity index (χ3v) is 5.89. The number of H-pyrrole nitrogens is 1. The molecule has 1 aliphatic carbocycles. The Morgan fingerprint density at radius 1 is 1.16 bits per heavy atom. The molecule has 0 bridgehead atoms. The molecule has 0 saturated heterocycles. The van der Waals surface area contributed by atoms with Crippen LogP contribution in [0.1, 0.15) is 31.2 Å². The van der Waals surface area contributed by atoms with E-state index in [0.717, 1.165) is 48.1 Å². The lowest BCUT2D eigenvalue weighted by Crippen LogP contribution is -2.48. The van der Waals surface area contributed by atoms with E-state index in [2.05, 4.69) is 15.5 Å². The number of benzene rings is 1. The maximum atomic E-state index is 13.2. The molecular weight excluding hydrogens is 392 g/mol. The second-order valence-electron chi connectivity index (χ2n) is 8.12. The maximum Gasteiger partial charge on any atom is 0.322 e. The van der Waals surface area contributed by atoms with Crippen LogP contribution < -0.4 is 21.5 Å². The van der Waals surface area contributed by atoms with Gasteiger partial charge in [-0.05, 0) is 55.0 Å². The largest absolute Gasteiger partial charge is 0.333 e. The summed E-state index contributed by atoms with van der Waals surface area (Å²) in [5.74, 6) is 0. The molecule has 2 amide bonds. The van der Waals surface area contributed by atoms with E-state index in [1.54, 1.807) is 30.1 Å². The number of amides is 2. The second-order valence-corrected chi connectivity index (χ2v) is 8.12. The number of aromatic amines is 1. The molecule has 0 aliphatic heterocycles. The third kappa shape index (κ3) is 4.86. The van der Waals surface area contributed by atoms with Crippen LogP contribution >= 0.6 is 0 Å². The minimum Gasteiger partial charge on any atom is -0.333 e. The van der Waals surface area contributed by atoms with E-state index >= 15 is 0 Å². The molecule has 31 heavy (non-hydrogen) atoms. The third-order valence-electron chi connectivity index (χ3n) is 5.89. The van der Waals surface area contributed by atoms with Crippen molar-refractivity contribution in [3.8, 4) is 11.1 Å². The van der Waals surface area contributed by atoms with Gasteiger partial charge in [0.2, 0.25) is 5.56 Å². The van der Waals surface area contributed by atoms with Gasteiger partial charge in [0.25, 0.3) is 0 Å². The zero-order valence-corrected chi connectivity index (χ0v) is 17.6. The number of carbonyl (C=O) groups is 1. The first kappa shape index (κ1) is 20.9. The first-order valence-corrected chi connectivity index (χ1v) is 10.6. The summed E-state index contributed by atoms with van der Waals surface area (Å²) in [4.78, 5) is 26.7. The summed E-state index contributed by atoms with van der Waals surface area (Å²) in [5, 5.41) is 9.70. The number of urea groups is 1. The Balaban J connectivity index is 1.57. The summed E-state index contributed by atoms with van der Waals surface area (Å²) >= 11 is 0. The van der Waals surface area contributed by atoms with Gasteiger partial charge in [-0.15, -0.1) is 0 Å². The van der Waals surface area contributed by atoms with Gasteiger partial charge in [0, 0.05) is 55.4 Å². The molecule has 1 saturated carbocycles. The Kier molecular flexibility index (Phi) is 6.18. The van der Waals surface area contributed by atoms with Gasteiger partial charge in [-0.2, -0.15) is 5.10 Å². The molecule has 162 valence electrons. The smallest absolute Gasteiger partial charge is 0.322 e. The first-order valence-electron chi connectivity index (χ1n) is 10.6. The van der Waals surface area contributed by atoms with Gasteiger partial charge in [-0.25, -0.2) is 4.79 Å². The van der Waals surface area contributed by atoms with Gasteiger partial charge in [-0.1, -0.05) is 12.1 Å². The molecule has 1 aromatic carbocycles. The fourth-order valence-electron chi connectivity index (χ4n) is 4.07. The standard InChI is InChI=1S/C23H28N6O2/c1-28-15-18(4-11-22(28)30)17-2-7-20(8-3-17)29(21-9-5-19(24)6-10-21)23(31)25-12-16-13-26-27-14-16/h2-4,7-8,11,13-15,19,21H,5-6,9-10,12,24H2,1H3,(H,25,31)(H,26,27)/t19-,21-.